The molecule has 24 heavy (non-hydrogen) atoms. The van der Waals surface area contributed by atoms with E-state index in [1.165, 1.54) is 6.92 Å². The minimum atomic E-state index is -0.124. The Hall–Kier alpha value is -2.33. The molecule has 0 bridgehead atoms. The molecule has 0 fully saturated rings. The molecule has 0 saturated heterocycles. The van der Waals surface area contributed by atoms with E-state index in [0.717, 1.165) is 5.56 Å². The zero-order chi connectivity index (χ0) is 17.5. The van der Waals surface area contributed by atoms with Crippen molar-refractivity contribution in [1.29, 1.82) is 0 Å². The number of anilines is 1. The summed E-state index contributed by atoms with van der Waals surface area (Å²) < 4.78 is 0. The van der Waals surface area contributed by atoms with Crippen molar-refractivity contribution < 1.29 is 9.59 Å². The van der Waals surface area contributed by atoms with Crippen LogP contribution in [0.4, 0.5) is 5.69 Å². The summed E-state index contributed by atoms with van der Waals surface area (Å²) in [5, 5.41) is 3.51. The van der Waals surface area contributed by atoms with Crippen LogP contribution in [0.1, 0.15) is 31.9 Å². The predicted molar refractivity (Wildman–Crippen MR) is 97.1 cm³/mol. The van der Waals surface area contributed by atoms with Gasteiger partial charge in [0.15, 0.2) is 0 Å². The second-order valence-electron chi connectivity index (χ2n) is 5.60. The third-order valence-electron chi connectivity index (χ3n) is 3.74. The molecule has 0 aromatic heterocycles. The zero-order valence-electron chi connectivity index (χ0n) is 13.8. The van der Waals surface area contributed by atoms with Crippen molar-refractivity contribution in [2.45, 2.75) is 26.3 Å². The van der Waals surface area contributed by atoms with Gasteiger partial charge in [0.05, 0.1) is 6.04 Å². The number of carbonyl (C=O) groups is 2. The highest BCUT2D eigenvalue weighted by Gasteiger charge is 2.15. The zero-order valence-corrected chi connectivity index (χ0v) is 14.6. The lowest BCUT2D eigenvalue weighted by atomic mass is 10.1. The lowest BCUT2D eigenvalue weighted by Gasteiger charge is -2.22. The molecule has 1 atom stereocenters. The Kier molecular flexibility index (Phi) is 6.38. The minimum Gasteiger partial charge on any atom is -0.350 e. The highest BCUT2D eigenvalue weighted by atomic mass is 35.5. The maximum Gasteiger partial charge on any atom is 0.223 e. The Labute approximate surface area is 147 Å². The van der Waals surface area contributed by atoms with E-state index in [1.54, 1.807) is 29.2 Å². The Morgan fingerprint density at radius 1 is 1.12 bits per heavy atom. The fourth-order valence-corrected chi connectivity index (χ4v) is 2.65. The van der Waals surface area contributed by atoms with Crippen LogP contribution in [-0.2, 0) is 9.59 Å². The second kappa shape index (κ2) is 8.50. The summed E-state index contributed by atoms with van der Waals surface area (Å²) in [5.41, 5.74) is 1.74. The third kappa shape index (κ3) is 5.10. The van der Waals surface area contributed by atoms with Crippen molar-refractivity contribution in [2.75, 3.05) is 11.4 Å². The summed E-state index contributed by atoms with van der Waals surface area (Å²) in [7, 11) is 0. The highest BCUT2D eigenvalue weighted by Crippen LogP contribution is 2.20. The molecule has 1 unspecified atom stereocenters. The smallest absolute Gasteiger partial charge is 0.223 e. The molecule has 0 aliphatic carbocycles. The maximum atomic E-state index is 12.2. The summed E-state index contributed by atoms with van der Waals surface area (Å²) in [5.74, 6) is -0.221. The molecule has 0 radical (unpaired) electrons. The van der Waals surface area contributed by atoms with Crippen LogP contribution < -0.4 is 10.2 Å². The summed E-state index contributed by atoms with van der Waals surface area (Å²) in [6, 6.07) is 16.7. The Morgan fingerprint density at radius 3 is 2.46 bits per heavy atom. The summed E-state index contributed by atoms with van der Waals surface area (Å²) >= 11 is 5.98. The van der Waals surface area contributed by atoms with E-state index < -0.39 is 0 Å². The number of amides is 2. The van der Waals surface area contributed by atoms with Crippen molar-refractivity contribution in [3.8, 4) is 0 Å². The van der Waals surface area contributed by atoms with Crippen molar-refractivity contribution in [3.05, 3.63) is 65.2 Å². The quantitative estimate of drug-likeness (QED) is 0.862. The van der Waals surface area contributed by atoms with E-state index in [4.69, 9.17) is 11.6 Å². The minimum absolute atomic E-state index is 0.0735. The summed E-state index contributed by atoms with van der Waals surface area (Å²) in [4.78, 5) is 25.6. The number of carbonyl (C=O) groups excluding carboxylic acids is 2. The first-order chi connectivity index (χ1) is 11.5. The van der Waals surface area contributed by atoms with Crippen LogP contribution in [0.15, 0.2) is 54.6 Å². The second-order valence-corrected chi connectivity index (χ2v) is 6.04. The van der Waals surface area contributed by atoms with Crippen molar-refractivity contribution in [3.63, 3.8) is 0 Å². The van der Waals surface area contributed by atoms with Gasteiger partial charge in [0, 0.05) is 30.6 Å². The number of hydrogen-bond donors (Lipinski definition) is 1. The van der Waals surface area contributed by atoms with E-state index >= 15 is 0 Å². The molecule has 0 aliphatic heterocycles. The standard InChI is InChI=1S/C19H21ClN2O2/c1-14(16-7-4-3-5-8-16)21-19(24)11-12-22(15(2)23)18-10-6-9-17(20)13-18/h3-10,13-14H,11-12H2,1-2H3,(H,21,24). The van der Waals surface area contributed by atoms with Crippen LogP contribution in [0.25, 0.3) is 0 Å². The number of benzene rings is 2. The van der Waals surface area contributed by atoms with Crippen LogP contribution in [0, 0.1) is 0 Å². The molecule has 2 rings (SSSR count). The number of hydrogen-bond acceptors (Lipinski definition) is 2. The maximum absolute atomic E-state index is 12.2. The number of nitrogens with one attached hydrogen (secondary N) is 1. The highest BCUT2D eigenvalue weighted by molar-refractivity contribution is 6.30. The molecule has 2 aromatic carbocycles. The fourth-order valence-electron chi connectivity index (χ4n) is 2.46. The van der Waals surface area contributed by atoms with Crippen molar-refractivity contribution >= 4 is 29.1 Å². The van der Waals surface area contributed by atoms with E-state index in [0.29, 0.717) is 17.3 Å². The van der Waals surface area contributed by atoms with Gasteiger partial charge in [0.1, 0.15) is 0 Å². The van der Waals surface area contributed by atoms with Gasteiger partial charge in [-0.1, -0.05) is 48.0 Å². The normalized spacial score (nSPS) is 11.6. The topological polar surface area (TPSA) is 49.4 Å². The first kappa shape index (κ1) is 18.0. The molecule has 0 saturated carbocycles. The molecular formula is C19H21ClN2O2. The van der Waals surface area contributed by atoms with E-state index in [-0.39, 0.29) is 24.3 Å². The SMILES string of the molecule is CC(=O)N(CCC(=O)NC(C)c1ccccc1)c1cccc(Cl)c1. The van der Waals surface area contributed by atoms with E-state index in [2.05, 4.69) is 5.32 Å². The third-order valence-corrected chi connectivity index (χ3v) is 3.97. The van der Waals surface area contributed by atoms with Crippen LogP contribution in [0.3, 0.4) is 0 Å². The van der Waals surface area contributed by atoms with E-state index in [9.17, 15) is 9.59 Å². The number of halogens is 1. The van der Waals surface area contributed by atoms with E-state index in [1.807, 2.05) is 37.3 Å². The predicted octanol–water partition coefficient (Wildman–Crippen LogP) is 3.96. The van der Waals surface area contributed by atoms with Gasteiger partial charge in [-0.05, 0) is 30.7 Å². The lowest BCUT2D eigenvalue weighted by Crippen LogP contribution is -2.34. The van der Waals surface area contributed by atoms with Gasteiger partial charge >= 0.3 is 0 Å². The fraction of sp³-hybridized carbons (Fsp3) is 0.263. The molecule has 4 nitrogen and oxygen atoms in total. The molecule has 0 heterocycles. The largest absolute Gasteiger partial charge is 0.350 e. The monoisotopic (exact) mass is 344 g/mol. The Balaban J connectivity index is 1.94. The van der Waals surface area contributed by atoms with Crippen molar-refractivity contribution in [2.24, 2.45) is 0 Å². The van der Waals surface area contributed by atoms with Gasteiger partial charge in [-0.15, -0.1) is 0 Å². The van der Waals surface area contributed by atoms with Gasteiger partial charge < -0.3 is 10.2 Å². The molecular weight excluding hydrogens is 324 g/mol. The van der Waals surface area contributed by atoms with Gasteiger partial charge in [-0.25, -0.2) is 0 Å². The lowest BCUT2D eigenvalue weighted by molar-refractivity contribution is -0.121. The van der Waals surface area contributed by atoms with Crippen LogP contribution >= 0.6 is 11.6 Å². The molecule has 0 spiro atoms. The van der Waals surface area contributed by atoms with Crippen molar-refractivity contribution in [1.82, 2.24) is 5.32 Å². The van der Waals surface area contributed by atoms with Gasteiger partial charge in [-0.3, -0.25) is 9.59 Å². The summed E-state index contributed by atoms with van der Waals surface area (Å²) in [6.45, 7) is 3.72. The first-order valence-electron chi connectivity index (χ1n) is 7.85. The Morgan fingerprint density at radius 2 is 1.83 bits per heavy atom. The van der Waals surface area contributed by atoms with Gasteiger partial charge in [-0.2, -0.15) is 0 Å². The summed E-state index contributed by atoms with van der Waals surface area (Å²) in [6.07, 6.45) is 0.225. The molecule has 126 valence electrons. The average molecular weight is 345 g/mol. The van der Waals surface area contributed by atoms with Crippen LogP contribution in [0.2, 0.25) is 5.02 Å². The Bertz CT molecular complexity index is 704. The number of rotatable bonds is 6. The molecule has 2 amide bonds. The average Bonchev–Trinajstić information content (AvgIpc) is 2.55. The molecule has 1 N–H and O–H groups in total. The molecule has 0 aliphatic rings. The van der Waals surface area contributed by atoms with Gasteiger partial charge in [0.25, 0.3) is 0 Å². The van der Waals surface area contributed by atoms with Crippen LogP contribution in [-0.4, -0.2) is 18.4 Å². The number of nitrogens with zero attached hydrogens (tertiary/aromatic N) is 1. The molecule has 5 heteroatoms. The van der Waals surface area contributed by atoms with Gasteiger partial charge in [0.2, 0.25) is 11.8 Å². The molecule has 2 aromatic rings. The first-order valence-corrected chi connectivity index (χ1v) is 8.23. The van der Waals surface area contributed by atoms with Crippen LogP contribution in [0.5, 0.6) is 0 Å².